The van der Waals surface area contributed by atoms with E-state index in [0.717, 1.165) is 0 Å². The fourth-order valence-corrected chi connectivity index (χ4v) is 1.96. The maximum atomic E-state index is 12.3. The molecule has 0 aliphatic heterocycles. The molecule has 0 spiro atoms. The van der Waals surface area contributed by atoms with Gasteiger partial charge in [0.15, 0.2) is 0 Å². The lowest BCUT2D eigenvalue weighted by Gasteiger charge is -2.24. The summed E-state index contributed by atoms with van der Waals surface area (Å²) in [6, 6.07) is -0.673. The van der Waals surface area contributed by atoms with Crippen LogP contribution in [-0.2, 0) is 23.9 Å². The van der Waals surface area contributed by atoms with Crippen molar-refractivity contribution in [2.45, 2.75) is 86.0 Å². The summed E-state index contributed by atoms with van der Waals surface area (Å²) in [6.07, 6.45) is -0.00514. The molecule has 0 aromatic heterocycles. The van der Waals surface area contributed by atoms with Crippen LogP contribution in [0.3, 0.4) is 0 Å². The van der Waals surface area contributed by atoms with E-state index in [9.17, 15) is 14.4 Å². The molecule has 0 fully saturated rings. The number of rotatable bonds is 7. The number of carbonyl (C=O) groups excluding carboxylic acids is 3. The predicted molar refractivity (Wildman–Crippen MR) is 101 cm³/mol. The molecule has 1 amide bonds. The molecule has 1 N–H and O–H groups in total. The third kappa shape index (κ3) is 11.6. The van der Waals surface area contributed by atoms with Gasteiger partial charge >= 0.3 is 11.9 Å². The van der Waals surface area contributed by atoms with Gasteiger partial charge in [-0.25, -0.2) is 4.79 Å². The van der Waals surface area contributed by atoms with Crippen LogP contribution in [0, 0.1) is 5.92 Å². The minimum absolute atomic E-state index is 0.00514. The lowest BCUT2D eigenvalue weighted by atomic mass is 10.0. The zero-order valence-electron chi connectivity index (χ0n) is 17.6. The van der Waals surface area contributed by atoms with E-state index in [1.165, 1.54) is 0 Å². The van der Waals surface area contributed by atoms with Gasteiger partial charge in [0, 0.05) is 5.71 Å². The molecule has 150 valence electrons. The van der Waals surface area contributed by atoms with Gasteiger partial charge in [0.2, 0.25) is 5.91 Å². The summed E-state index contributed by atoms with van der Waals surface area (Å²) in [5.41, 5.74) is -0.702. The fraction of sp³-hybridized carbons (Fsp3) is 0.789. The molecule has 0 saturated heterocycles. The molecular weight excluding hydrogens is 336 g/mol. The van der Waals surface area contributed by atoms with Crippen molar-refractivity contribution in [2.24, 2.45) is 10.9 Å². The van der Waals surface area contributed by atoms with E-state index >= 15 is 0 Å². The SMILES string of the molecule is CC(CC(=O)NCC(=O)OC(C)(C)C)=N[C@H](C(=O)OC(C)(C)C)C(C)C. The first-order chi connectivity index (χ1) is 11.6. The highest BCUT2D eigenvalue weighted by molar-refractivity contribution is 6.01. The number of hydrogen-bond acceptors (Lipinski definition) is 6. The molecule has 0 heterocycles. The Morgan fingerprint density at radius 2 is 1.46 bits per heavy atom. The Morgan fingerprint density at radius 1 is 0.962 bits per heavy atom. The molecule has 0 aliphatic rings. The zero-order valence-corrected chi connectivity index (χ0v) is 17.6. The number of esters is 2. The van der Waals surface area contributed by atoms with Crippen LogP contribution < -0.4 is 5.32 Å². The van der Waals surface area contributed by atoms with Crippen molar-refractivity contribution in [1.29, 1.82) is 0 Å². The zero-order chi connectivity index (χ0) is 20.7. The highest BCUT2D eigenvalue weighted by atomic mass is 16.6. The molecule has 0 bridgehead atoms. The lowest BCUT2D eigenvalue weighted by Crippen LogP contribution is -2.36. The smallest absolute Gasteiger partial charge is 0.331 e. The second-order valence-corrected chi connectivity index (χ2v) is 8.63. The van der Waals surface area contributed by atoms with Gasteiger partial charge in [0.25, 0.3) is 0 Å². The maximum Gasteiger partial charge on any atom is 0.331 e. The normalized spacial score (nSPS) is 14.0. The highest BCUT2D eigenvalue weighted by Crippen LogP contribution is 2.15. The van der Waals surface area contributed by atoms with Crippen LogP contribution in [-0.4, -0.2) is 47.3 Å². The van der Waals surface area contributed by atoms with Crippen LogP contribution >= 0.6 is 0 Å². The van der Waals surface area contributed by atoms with E-state index in [4.69, 9.17) is 9.47 Å². The van der Waals surface area contributed by atoms with Gasteiger partial charge in [-0.15, -0.1) is 0 Å². The second kappa shape index (κ2) is 9.69. The van der Waals surface area contributed by atoms with Crippen LogP contribution in [0.2, 0.25) is 0 Å². The largest absolute Gasteiger partial charge is 0.459 e. The van der Waals surface area contributed by atoms with Crippen LogP contribution in [0.25, 0.3) is 0 Å². The third-order valence-electron chi connectivity index (χ3n) is 2.91. The van der Waals surface area contributed by atoms with Gasteiger partial charge in [0.05, 0.1) is 6.42 Å². The minimum Gasteiger partial charge on any atom is -0.459 e. The summed E-state index contributed by atoms with van der Waals surface area (Å²) in [5, 5.41) is 2.50. The predicted octanol–water partition coefficient (Wildman–Crippen LogP) is 2.66. The monoisotopic (exact) mass is 370 g/mol. The first-order valence-corrected chi connectivity index (χ1v) is 8.85. The molecule has 0 aliphatic carbocycles. The van der Waals surface area contributed by atoms with E-state index in [-0.39, 0.29) is 24.8 Å². The Hall–Kier alpha value is -1.92. The number of nitrogens with one attached hydrogen (secondary N) is 1. The van der Waals surface area contributed by atoms with Crippen LogP contribution in [0.5, 0.6) is 0 Å². The molecule has 0 aromatic rings. The van der Waals surface area contributed by atoms with E-state index in [0.29, 0.717) is 5.71 Å². The molecule has 26 heavy (non-hydrogen) atoms. The summed E-state index contributed by atoms with van der Waals surface area (Å²) in [6.45, 7) is 15.9. The molecule has 1 atom stereocenters. The second-order valence-electron chi connectivity index (χ2n) is 8.63. The average molecular weight is 370 g/mol. The Labute approximate surface area is 156 Å². The molecule has 0 rings (SSSR count). The quantitative estimate of drug-likeness (QED) is 0.549. The number of ether oxygens (including phenoxy) is 2. The van der Waals surface area contributed by atoms with Gasteiger partial charge in [0.1, 0.15) is 23.8 Å². The average Bonchev–Trinajstić information content (AvgIpc) is 2.38. The van der Waals surface area contributed by atoms with Crippen molar-refractivity contribution in [2.75, 3.05) is 6.54 Å². The molecule has 7 heteroatoms. The van der Waals surface area contributed by atoms with E-state index < -0.39 is 29.2 Å². The number of nitrogens with zero attached hydrogens (tertiary/aromatic N) is 1. The van der Waals surface area contributed by atoms with E-state index in [2.05, 4.69) is 10.3 Å². The molecule has 0 radical (unpaired) electrons. The van der Waals surface area contributed by atoms with Crippen molar-refractivity contribution >= 4 is 23.6 Å². The summed E-state index contributed by atoms with van der Waals surface area (Å²) >= 11 is 0. The van der Waals surface area contributed by atoms with Crippen molar-refractivity contribution in [3.05, 3.63) is 0 Å². The molecule has 0 aromatic carbocycles. The van der Waals surface area contributed by atoms with Gasteiger partial charge < -0.3 is 14.8 Å². The third-order valence-corrected chi connectivity index (χ3v) is 2.91. The Morgan fingerprint density at radius 3 is 1.88 bits per heavy atom. The van der Waals surface area contributed by atoms with Gasteiger partial charge in [-0.3, -0.25) is 14.6 Å². The van der Waals surface area contributed by atoms with Crippen molar-refractivity contribution in [3.63, 3.8) is 0 Å². The van der Waals surface area contributed by atoms with Gasteiger partial charge in [-0.05, 0) is 54.4 Å². The summed E-state index contributed by atoms with van der Waals surface area (Å²) in [5.74, 6) is -1.34. The van der Waals surface area contributed by atoms with Crippen molar-refractivity contribution in [3.8, 4) is 0 Å². The standard InChI is InChI=1S/C19H34N2O5/c1-12(2)16(17(24)26-19(7,8)9)21-13(3)10-14(22)20-11-15(23)25-18(4,5)6/h12,16H,10-11H2,1-9H3,(H,20,22)/t16-/m0/s1. The highest BCUT2D eigenvalue weighted by Gasteiger charge is 2.27. The summed E-state index contributed by atoms with van der Waals surface area (Å²) in [7, 11) is 0. The summed E-state index contributed by atoms with van der Waals surface area (Å²) < 4.78 is 10.5. The van der Waals surface area contributed by atoms with Crippen LogP contribution in [0.4, 0.5) is 0 Å². The molecular formula is C19H34N2O5. The minimum atomic E-state index is -0.673. The fourth-order valence-electron chi connectivity index (χ4n) is 1.96. The number of amides is 1. The first kappa shape index (κ1) is 24.1. The van der Waals surface area contributed by atoms with Crippen LogP contribution in [0.1, 0.15) is 68.7 Å². The molecule has 0 saturated carbocycles. The van der Waals surface area contributed by atoms with E-state index in [1.54, 1.807) is 48.5 Å². The van der Waals surface area contributed by atoms with Gasteiger partial charge in [-0.1, -0.05) is 13.8 Å². The topological polar surface area (TPSA) is 94.1 Å². The van der Waals surface area contributed by atoms with Crippen molar-refractivity contribution < 1.29 is 23.9 Å². The Kier molecular flexibility index (Phi) is 8.97. The molecule has 0 unspecified atom stereocenters. The van der Waals surface area contributed by atoms with E-state index in [1.807, 2.05) is 13.8 Å². The Bertz CT molecular complexity index is 539. The number of hydrogen-bond donors (Lipinski definition) is 1. The lowest BCUT2D eigenvalue weighted by molar-refractivity contribution is -0.157. The first-order valence-electron chi connectivity index (χ1n) is 8.85. The van der Waals surface area contributed by atoms with Crippen molar-refractivity contribution in [1.82, 2.24) is 5.32 Å². The van der Waals surface area contributed by atoms with Crippen LogP contribution in [0.15, 0.2) is 4.99 Å². The number of carbonyl (C=O) groups is 3. The Balaban J connectivity index is 4.73. The summed E-state index contributed by atoms with van der Waals surface area (Å²) in [4.78, 5) is 40.2. The van der Waals surface area contributed by atoms with Gasteiger partial charge in [-0.2, -0.15) is 0 Å². The maximum absolute atomic E-state index is 12.3. The molecule has 7 nitrogen and oxygen atoms in total. The number of aliphatic imine (C=N–C) groups is 1.